The number of halogens is 3. The van der Waals surface area contributed by atoms with Gasteiger partial charge in [-0.1, -0.05) is 23.2 Å². The van der Waals surface area contributed by atoms with E-state index in [9.17, 15) is 13.2 Å². The summed E-state index contributed by atoms with van der Waals surface area (Å²) in [4.78, 5) is 13.4. The van der Waals surface area contributed by atoms with Gasteiger partial charge < -0.3 is 4.90 Å². The minimum absolute atomic E-state index is 0.0596. The minimum Gasteiger partial charge on any atom is -0.307 e. The van der Waals surface area contributed by atoms with E-state index in [0.717, 1.165) is 0 Å². The second-order valence-corrected chi connectivity index (χ2v) is 7.86. The monoisotopic (exact) mass is 355 g/mol. The first kappa shape index (κ1) is 15.9. The summed E-state index contributed by atoms with van der Waals surface area (Å²) in [5.74, 6) is -0.565. The van der Waals surface area contributed by atoms with Crippen LogP contribution >= 0.6 is 34.8 Å². The van der Waals surface area contributed by atoms with Crippen molar-refractivity contribution in [3.63, 3.8) is 0 Å². The van der Waals surface area contributed by atoms with Crippen molar-refractivity contribution in [3.8, 4) is 0 Å². The van der Waals surface area contributed by atoms with Gasteiger partial charge in [-0.25, -0.2) is 8.42 Å². The van der Waals surface area contributed by atoms with Gasteiger partial charge in [0.1, 0.15) is 5.88 Å². The molecule has 0 aliphatic carbocycles. The van der Waals surface area contributed by atoms with E-state index in [0.29, 0.717) is 22.2 Å². The van der Waals surface area contributed by atoms with Crippen molar-refractivity contribution >= 4 is 56.2 Å². The summed E-state index contributed by atoms with van der Waals surface area (Å²) in [6.45, 7) is 0. The van der Waals surface area contributed by atoms with Crippen LogP contribution in [0.2, 0.25) is 10.0 Å². The largest absolute Gasteiger partial charge is 0.307 e. The fourth-order valence-electron chi connectivity index (χ4n) is 2.24. The Hall–Kier alpha value is -0.490. The van der Waals surface area contributed by atoms with Crippen LogP contribution in [0, 0.1) is 0 Å². The quantitative estimate of drug-likeness (QED) is 0.783. The molecule has 1 heterocycles. The first-order valence-corrected chi connectivity index (χ1v) is 8.99. The van der Waals surface area contributed by atoms with E-state index in [-0.39, 0.29) is 23.3 Å². The van der Waals surface area contributed by atoms with Crippen molar-refractivity contribution < 1.29 is 13.2 Å². The summed E-state index contributed by atoms with van der Waals surface area (Å²) in [6, 6.07) is 4.32. The molecule has 1 aliphatic heterocycles. The van der Waals surface area contributed by atoms with Crippen molar-refractivity contribution in [1.29, 1.82) is 0 Å². The molecule has 1 atom stereocenters. The summed E-state index contributed by atoms with van der Waals surface area (Å²) < 4.78 is 23.2. The van der Waals surface area contributed by atoms with Crippen LogP contribution in [0.5, 0.6) is 0 Å². The number of nitrogens with zero attached hydrogens (tertiary/aromatic N) is 1. The predicted octanol–water partition coefficient (Wildman–Crippen LogP) is 2.75. The standard InChI is InChI=1S/C12H12Cl3NO3S/c13-6-12(17)16(9-3-4-20(18,19)7-9)8-1-2-10(14)11(15)5-8/h1-2,5,9H,3-4,6-7H2/t9-/m1/s1. The lowest BCUT2D eigenvalue weighted by Gasteiger charge is -2.28. The number of benzene rings is 1. The van der Waals surface area contributed by atoms with Gasteiger partial charge in [-0.05, 0) is 24.6 Å². The summed E-state index contributed by atoms with van der Waals surface area (Å²) in [6.07, 6.45) is 0.394. The van der Waals surface area contributed by atoms with Crippen molar-refractivity contribution in [2.75, 3.05) is 22.3 Å². The smallest absolute Gasteiger partial charge is 0.242 e. The maximum Gasteiger partial charge on any atom is 0.242 e. The van der Waals surface area contributed by atoms with E-state index in [1.165, 1.54) is 4.90 Å². The van der Waals surface area contributed by atoms with Crippen LogP contribution in [0.25, 0.3) is 0 Å². The lowest BCUT2D eigenvalue weighted by Crippen LogP contribution is -2.42. The fraction of sp³-hybridized carbons (Fsp3) is 0.417. The normalized spacial score (nSPS) is 20.9. The summed E-state index contributed by atoms with van der Waals surface area (Å²) in [7, 11) is -3.10. The highest BCUT2D eigenvalue weighted by molar-refractivity contribution is 7.91. The van der Waals surface area contributed by atoms with Crippen LogP contribution in [0.3, 0.4) is 0 Å². The number of carbonyl (C=O) groups excluding carboxylic acids is 1. The van der Waals surface area contributed by atoms with Gasteiger partial charge in [-0.2, -0.15) is 0 Å². The Morgan fingerprint density at radius 2 is 2.00 bits per heavy atom. The molecule has 0 unspecified atom stereocenters. The molecule has 0 spiro atoms. The van der Waals surface area contributed by atoms with E-state index in [2.05, 4.69) is 0 Å². The van der Waals surface area contributed by atoms with Gasteiger partial charge >= 0.3 is 0 Å². The van der Waals surface area contributed by atoms with E-state index >= 15 is 0 Å². The number of rotatable bonds is 3. The third kappa shape index (κ3) is 3.39. The van der Waals surface area contributed by atoms with Crippen molar-refractivity contribution in [2.24, 2.45) is 0 Å². The van der Waals surface area contributed by atoms with Crippen LogP contribution in [0.4, 0.5) is 5.69 Å². The van der Waals surface area contributed by atoms with Gasteiger partial charge in [0.15, 0.2) is 9.84 Å². The molecule has 1 amide bonds. The molecule has 0 N–H and O–H groups in total. The fourth-order valence-corrected chi connectivity index (χ4v) is 4.36. The molecule has 0 radical (unpaired) electrons. The molecular weight excluding hydrogens is 345 g/mol. The number of hydrogen-bond donors (Lipinski definition) is 0. The van der Waals surface area contributed by atoms with Gasteiger partial charge in [0.2, 0.25) is 5.91 Å². The molecule has 0 saturated carbocycles. The molecule has 0 bridgehead atoms. The van der Waals surface area contributed by atoms with Crippen LogP contribution < -0.4 is 4.90 Å². The number of carbonyl (C=O) groups is 1. The Morgan fingerprint density at radius 1 is 1.30 bits per heavy atom. The molecular formula is C12H12Cl3NO3S. The van der Waals surface area contributed by atoms with Crippen molar-refractivity contribution in [1.82, 2.24) is 0 Å². The molecule has 20 heavy (non-hydrogen) atoms. The summed E-state index contributed by atoms with van der Waals surface area (Å²) >= 11 is 17.4. The number of hydrogen-bond acceptors (Lipinski definition) is 3. The zero-order valence-corrected chi connectivity index (χ0v) is 13.4. The van der Waals surface area contributed by atoms with Gasteiger partial charge in [0.05, 0.1) is 27.6 Å². The second kappa shape index (κ2) is 6.10. The minimum atomic E-state index is -3.10. The summed E-state index contributed by atoms with van der Waals surface area (Å²) in [5.41, 5.74) is 0.507. The highest BCUT2D eigenvalue weighted by atomic mass is 35.5. The Morgan fingerprint density at radius 3 is 2.50 bits per heavy atom. The Balaban J connectivity index is 2.38. The highest BCUT2D eigenvalue weighted by Crippen LogP contribution is 2.30. The average molecular weight is 357 g/mol. The van der Waals surface area contributed by atoms with E-state index < -0.39 is 15.9 Å². The second-order valence-electron chi connectivity index (χ2n) is 4.55. The number of alkyl halides is 1. The molecule has 1 saturated heterocycles. The van der Waals surface area contributed by atoms with Gasteiger partial charge in [-0.3, -0.25) is 4.79 Å². The van der Waals surface area contributed by atoms with Crippen LogP contribution in [0.1, 0.15) is 6.42 Å². The zero-order valence-electron chi connectivity index (χ0n) is 10.4. The average Bonchev–Trinajstić information content (AvgIpc) is 2.74. The lowest BCUT2D eigenvalue weighted by atomic mass is 10.2. The Bertz CT molecular complexity index is 633. The van der Waals surface area contributed by atoms with Crippen LogP contribution in [0.15, 0.2) is 18.2 Å². The number of amides is 1. The van der Waals surface area contributed by atoms with E-state index in [1.54, 1.807) is 18.2 Å². The van der Waals surface area contributed by atoms with Gasteiger partial charge in [-0.15, -0.1) is 11.6 Å². The topological polar surface area (TPSA) is 54.5 Å². The zero-order chi connectivity index (χ0) is 14.9. The first-order chi connectivity index (χ1) is 9.34. The SMILES string of the molecule is O=C(CCl)N(c1ccc(Cl)c(Cl)c1)[C@@H]1CCS(=O)(=O)C1. The number of anilines is 1. The third-order valence-corrected chi connectivity index (χ3v) is 5.86. The predicted molar refractivity (Wildman–Crippen MR) is 81.7 cm³/mol. The van der Waals surface area contributed by atoms with E-state index in [4.69, 9.17) is 34.8 Å². The molecule has 1 aromatic rings. The molecule has 1 aromatic carbocycles. The highest BCUT2D eigenvalue weighted by Gasteiger charge is 2.35. The molecule has 1 fully saturated rings. The molecule has 110 valence electrons. The van der Waals surface area contributed by atoms with Gasteiger partial charge in [0, 0.05) is 5.69 Å². The van der Waals surface area contributed by atoms with Gasteiger partial charge in [0.25, 0.3) is 0 Å². The van der Waals surface area contributed by atoms with E-state index in [1.807, 2.05) is 0 Å². The van der Waals surface area contributed by atoms with Crippen molar-refractivity contribution in [2.45, 2.75) is 12.5 Å². The number of sulfone groups is 1. The molecule has 0 aromatic heterocycles. The summed E-state index contributed by atoms with van der Waals surface area (Å²) in [5, 5.41) is 0.671. The Labute approximate surface area is 132 Å². The molecule has 2 rings (SSSR count). The molecule has 4 nitrogen and oxygen atoms in total. The van der Waals surface area contributed by atoms with Crippen LogP contribution in [-0.2, 0) is 14.6 Å². The van der Waals surface area contributed by atoms with Crippen LogP contribution in [-0.4, -0.2) is 37.8 Å². The molecule has 1 aliphatic rings. The lowest BCUT2D eigenvalue weighted by molar-refractivity contribution is -0.116. The first-order valence-electron chi connectivity index (χ1n) is 5.87. The third-order valence-electron chi connectivity index (χ3n) is 3.14. The Kier molecular flexibility index (Phi) is 4.84. The van der Waals surface area contributed by atoms with Crippen molar-refractivity contribution in [3.05, 3.63) is 28.2 Å². The maximum absolute atomic E-state index is 12.0. The molecule has 8 heteroatoms. The maximum atomic E-state index is 12.0.